The Hall–Kier alpha value is -3.04. The molecule has 0 spiro atoms. The normalized spacial score (nSPS) is 39.9. The van der Waals surface area contributed by atoms with Crippen LogP contribution in [-0.4, -0.2) is 109 Å². The van der Waals surface area contributed by atoms with Gasteiger partial charge in [-0.2, -0.15) is 0 Å². The number of hydrogen-bond donors (Lipinski definition) is 4. The summed E-state index contributed by atoms with van der Waals surface area (Å²) in [6.07, 6.45) is 22.5. The van der Waals surface area contributed by atoms with Gasteiger partial charge in [0.1, 0.15) is 13.1 Å². The maximum Gasteiger partial charge on any atom is 1.00 e. The largest absolute Gasteiger partial charge is 1.00 e. The maximum absolute atomic E-state index is 13.5. The number of fused-ring (bicyclic) bond motifs is 10. The zero-order valence-electron chi connectivity index (χ0n) is 44.9. The van der Waals surface area contributed by atoms with Gasteiger partial charge < -0.3 is 36.1 Å². The van der Waals surface area contributed by atoms with Crippen LogP contribution < -0.4 is 18.9 Å². The summed E-state index contributed by atoms with van der Waals surface area (Å²) in [5.74, 6) is 4.07. The smallest absolute Gasteiger partial charge is 0.870 e. The molecule has 10 rings (SSSR count). The number of ether oxygens (including phenoxy) is 1. The van der Waals surface area contributed by atoms with Crippen LogP contribution in [0.3, 0.4) is 0 Å². The van der Waals surface area contributed by atoms with Crippen molar-refractivity contribution in [2.24, 2.45) is 80.8 Å². The van der Waals surface area contributed by atoms with Gasteiger partial charge in [-0.15, -0.1) is 10.2 Å². The Balaban J connectivity index is 0.000000349. The second-order valence-corrected chi connectivity index (χ2v) is 24.9. The van der Waals surface area contributed by atoms with Crippen LogP contribution in [0, 0.1) is 80.8 Å². The molecule has 18 heteroatoms. The van der Waals surface area contributed by atoms with E-state index in [1.54, 1.807) is 13.8 Å². The van der Waals surface area contributed by atoms with Crippen molar-refractivity contribution in [3.05, 3.63) is 23.8 Å². The van der Waals surface area contributed by atoms with Crippen molar-refractivity contribution >= 4 is 23.5 Å². The van der Waals surface area contributed by atoms with Crippen molar-refractivity contribution in [2.45, 2.75) is 210 Å². The second kappa shape index (κ2) is 24.7. The first-order chi connectivity index (χ1) is 32.5. The number of carboxylic acids is 1. The van der Waals surface area contributed by atoms with Crippen LogP contribution >= 0.6 is 0 Å². The van der Waals surface area contributed by atoms with Gasteiger partial charge in [0, 0.05) is 18.4 Å². The van der Waals surface area contributed by atoms with E-state index in [0.29, 0.717) is 52.3 Å². The molecule has 0 unspecified atom stereocenters. The second-order valence-electron chi connectivity index (χ2n) is 24.9. The molecular formula is C56H95LiN6O11. The van der Waals surface area contributed by atoms with E-state index in [9.17, 15) is 29.4 Å². The van der Waals surface area contributed by atoms with Gasteiger partial charge >= 0.3 is 30.8 Å². The summed E-state index contributed by atoms with van der Waals surface area (Å²) in [6, 6.07) is 0. The number of aliphatic hydroxyl groups excluding tert-OH is 1. The number of ketones is 2. The van der Waals surface area contributed by atoms with Crippen molar-refractivity contribution in [1.82, 2.24) is 30.0 Å². The number of carboxylic acid groups (broad SMARTS) is 1. The molecule has 2 aromatic heterocycles. The molecule has 8 saturated carbocycles. The van der Waals surface area contributed by atoms with E-state index in [1.807, 2.05) is 13.8 Å². The summed E-state index contributed by atoms with van der Waals surface area (Å²) >= 11 is 0. The Morgan fingerprint density at radius 1 is 0.595 bits per heavy atom. The van der Waals surface area contributed by atoms with Gasteiger partial charge in [0.2, 0.25) is 0 Å². The van der Waals surface area contributed by atoms with Gasteiger partial charge in [0.15, 0.2) is 23.0 Å². The van der Waals surface area contributed by atoms with E-state index < -0.39 is 23.1 Å². The predicted molar refractivity (Wildman–Crippen MR) is 276 cm³/mol. The quantitative estimate of drug-likeness (QED) is 0.174. The van der Waals surface area contributed by atoms with Crippen molar-refractivity contribution in [1.29, 1.82) is 0 Å². The summed E-state index contributed by atoms with van der Waals surface area (Å²) in [5.41, 5.74) is -0.245. The van der Waals surface area contributed by atoms with Crippen LogP contribution in [0.15, 0.2) is 12.4 Å². The van der Waals surface area contributed by atoms with E-state index in [2.05, 4.69) is 48.3 Å². The van der Waals surface area contributed by atoms with E-state index in [0.717, 1.165) is 83.0 Å². The zero-order chi connectivity index (χ0) is 49.9. The molecule has 8 fully saturated rings. The van der Waals surface area contributed by atoms with Gasteiger partial charge in [-0.25, -0.2) is 19.0 Å². The van der Waals surface area contributed by atoms with Crippen LogP contribution in [-0.2, 0) is 27.4 Å². The first-order valence-corrected chi connectivity index (χ1v) is 26.8. The monoisotopic (exact) mass is 1030 g/mol. The van der Waals surface area contributed by atoms with Crippen molar-refractivity contribution < 1.29 is 74.2 Å². The SMILES string of the molecule is C.C.CCO.CCOC(=O)c1cn(CC(=O)[C@H]2CC[C@H]3[C@@H]4CC[C@@H]5C[C@](C)(O)CC[C@]5(C)[C@H]4CC[C@]23C)nn1.C[C@@]1(O)CC[C@@]2(C)[C@H](CC[C@@H]3[C@@H]2CC[C@]2(C)[C@@H](C(=O)Cn4cc(C(=O)O)nn4)CC[C@@H]32)C1.O.[Li+].[OH-]. The van der Waals surface area contributed by atoms with Crippen LogP contribution in [0.1, 0.15) is 207 Å². The first-order valence-electron chi connectivity index (χ1n) is 26.8. The summed E-state index contributed by atoms with van der Waals surface area (Å²) in [7, 11) is 0. The average Bonchev–Trinajstić information content (AvgIpc) is 4.10. The molecule has 17 nitrogen and oxygen atoms in total. The van der Waals surface area contributed by atoms with Gasteiger partial charge in [-0.3, -0.25) is 9.59 Å². The molecule has 7 N–H and O–H groups in total. The fourth-order valence-corrected chi connectivity index (χ4v) is 17.6. The molecule has 0 bridgehead atoms. The molecule has 8 aliphatic carbocycles. The number of nitrogens with zero attached hydrogens (tertiary/aromatic N) is 6. The van der Waals surface area contributed by atoms with Crippen molar-refractivity contribution in [3.63, 3.8) is 0 Å². The van der Waals surface area contributed by atoms with Gasteiger partial charge in [-0.1, -0.05) is 53.0 Å². The Labute approximate surface area is 453 Å². The first kappa shape index (κ1) is 65.2. The molecule has 0 radical (unpaired) electrons. The summed E-state index contributed by atoms with van der Waals surface area (Å²) < 4.78 is 7.87. The minimum Gasteiger partial charge on any atom is -0.870 e. The molecule has 74 heavy (non-hydrogen) atoms. The molecule has 0 aliphatic heterocycles. The third-order valence-corrected chi connectivity index (χ3v) is 21.1. The minimum absolute atomic E-state index is 0. The van der Waals surface area contributed by atoms with Gasteiger partial charge in [-0.05, 0) is 212 Å². The van der Waals surface area contributed by atoms with E-state index in [-0.39, 0.29) is 117 Å². The van der Waals surface area contributed by atoms with Crippen LogP contribution in [0.5, 0.6) is 0 Å². The Morgan fingerprint density at radius 3 is 1.35 bits per heavy atom. The van der Waals surface area contributed by atoms with E-state index in [4.69, 9.17) is 14.9 Å². The summed E-state index contributed by atoms with van der Waals surface area (Å²) in [6.45, 7) is 18.0. The molecule has 0 aromatic carbocycles. The van der Waals surface area contributed by atoms with Gasteiger partial charge in [0.05, 0.1) is 30.2 Å². The number of aromatic carboxylic acids is 1. The molecule has 2 aromatic rings. The molecule has 0 amide bonds. The van der Waals surface area contributed by atoms with Crippen LogP contribution in [0.25, 0.3) is 0 Å². The number of Topliss-reactive ketones (excluding diaryl/α,β-unsaturated/α-hetero) is 2. The Kier molecular flexibility index (Phi) is 21.8. The Morgan fingerprint density at radius 2 is 0.973 bits per heavy atom. The molecular weight excluding hydrogens is 940 g/mol. The zero-order valence-corrected chi connectivity index (χ0v) is 44.9. The number of hydrogen-bond acceptors (Lipinski definition) is 13. The predicted octanol–water partition coefficient (Wildman–Crippen LogP) is 5.66. The molecule has 16 atom stereocenters. The molecule has 8 aliphatic rings. The van der Waals surface area contributed by atoms with E-state index in [1.165, 1.54) is 60.3 Å². The van der Waals surface area contributed by atoms with E-state index >= 15 is 0 Å². The van der Waals surface area contributed by atoms with Crippen molar-refractivity contribution in [3.8, 4) is 0 Å². The number of carbonyl (C=O) groups excluding carboxylic acids is 3. The standard InChI is InChI=1S/C27H41N3O4.C25H37N3O4.C2H6O.2CH4.Li.2H2O/c1-5-34-24(32)22-15-30(29-28-22)16-23(31)21-9-8-19-18-7-6-17-14-25(2,33)12-13-26(17,3)20(18)10-11-27(19,21)4;1-23(32)10-11-24(2)15(12-23)4-5-16-17-6-7-19(25(17,3)9-8-18(16)24)21(29)14-28-13-20(22(30)31)26-27-28;1-2-3;;;;;/h15,17-21,33H,5-14,16H2,1-4H3;13,15-19,32H,4-12,14H2,1-3H3,(H,30,31);3H,2H2,1H3;2*1H4;;2*1H2/q;;;;;+1;;/p-1/t17-,18+,19+,20+,21-,25-,26+,27+;15-,16+,17+,18+,19-,23-,24+,25+;;;;;;/m11....../s1. The number of esters is 1. The fourth-order valence-electron chi connectivity index (χ4n) is 17.6. The third kappa shape index (κ3) is 12.1. The summed E-state index contributed by atoms with van der Waals surface area (Å²) in [4.78, 5) is 49.8. The van der Waals surface area contributed by atoms with Crippen molar-refractivity contribution in [2.75, 3.05) is 13.2 Å². The number of aromatic nitrogens is 6. The molecule has 2 heterocycles. The maximum atomic E-state index is 13.5. The number of aliphatic hydroxyl groups is 3. The molecule has 0 saturated heterocycles. The fraction of sp³-hybridized carbons (Fsp3) is 0.857. The minimum atomic E-state index is -1.12. The van der Waals surface area contributed by atoms with Gasteiger partial charge in [0.25, 0.3) is 0 Å². The molecule has 416 valence electrons. The number of carbonyl (C=O) groups is 4. The third-order valence-electron chi connectivity index (χ3n) is 21.1. The van der Waals surface area contributed by atoms with Crippen LogP contribution in [0.4, 0.5) is 0 Å². The topological polar surface area (TPSA) is 281 Å². The summed E-state index contributed by atoms with van der Waals surface area (Å²) in [5, 5.41) is 53.4. The number of rotatable bonds is 9. The Bertz CT molecular complexity index is 2220. The van der Waals surface area contributed by atoms with Crippen LogP contribution in [0.2, 0.25) is 0 Å². The average molecular weight is 1040 g/mol.